The second kappa shape index (κ2) is 43.8. The van der Waals surface area contributed by atoms with E-state index in [0.717, 1.165) is 134 Å². The fourth-order valence-corrected chi connectivity index (χ4v) is 16.4. The zero-order valence-corrected chi connectivity index (χ0v) is 75.0. The molecule has 0 radical (unpaired) electrons. The number of urea groups is 1. The third-order valence-electron chi connectivity index (χ3n) is 22.6. The lowest BCUT2D eigenvalue weighted by Gasteiger charge is -2.39. The van der Waals surface area contributed by atoms with Crippen LogP contribution in [-0.2, 0) is 32.8 Å². The Labute approximate surface area is 717 Å². The number of fused-ring (bicyclic) bond motifs is 4. The molecule has 28 nitrogen and oxygen atoms in total. The van der Waals surface area contributed by atoms with Gasteiger partial charge in [-0.05, 0) is 177 Å². The van der Waals surface area contributed by atoms with Crippen LogP contribution in [0.2, 0.25) is 18.1 Å². The number of nitrogens with one attached hydrogen (secondary N) is 7. The van der Waals surface area contributed by atoms with Gasteiger partial charge in [0.05, 0.1) is 62.7 Å². The summed E-state index contributed by atoms with van der Waals surface area (Å²) in [5.41, 5.74) is 14.5. The fourth-order valence-electron chi connectivity index (χ4n) is 15.0. The largest absolute Gasteiger partial charge is 0.513 e. The number of nitro benzene ring substituents is 1. The van der Waals surface area contributed by atoms with Gasteiger partial charge in [-0.25, -0.2) is 24.4 Å². The average molecular weight is 1700 g/mol. The number of alkyl carbamates (subject to hydrolysis) is 1. The van der Waals surface area contributed by atoms with Crippen molar-refractivity contribution in [1.29, 1.82) is 0 Å². The Hall–Kier alpha value is -10.8. The lowest BCUT2D eigenvalue weighted by Crippen LogP contribution is -2.76. The summed E-state index contributed by atoms with van der Waals surface area (Å²) in [6.07, 6.45) is 6.88. The van der Waals surface area contributed by atoms with Crippen molar-refractivity contribution in [1.82, 2.24) is 30.7 Å². The molecule has 6 atom stereocenters. The van der Waals surface area contributed by atoms with Crippen molar-refractivity contribution in [3.63, 3.8) is 0 Å². The van der Waals surface area contributed by atoms with E-state index in [-0.39, 0.29) is 97.1 Å². The van der Waals surface area contributed by atoms with E-state index in [0.29, 0.717) is 88.0 Å². The van der Waals surface area contributed by atoms with Crippen LogP contribution in [-0.4, -0.2) is 208 Å². The van der Waals surface area contributed by atoms with Crippen molar-refractivity contribution in [3.8, 4) is 33.9 Å². The monoisotopic (exact) mass is 1700 g/mol. The number of hydrogen-bond acceptors (Lipinski definition) is 20. The smallest absolute Gasteiger partial charge is 0.460 e. The van der Waals surface area contributed by atoms with Gasteiger partial charge in [0, 0.05) is 157 Å². The molecule has 6 aliphatic rings. The van der Waals surface area contributed by atoms with E-state index in [1.807, 2.05) is 95.4 Å². The molecule has 1 fully saturated rings. The molecule has 5 aromatic rings. The summed E-state index contributed by atoms with van der Waals surface area (Å²) in [5, 5.41) is 28.9. The van der Waals surface area contributed by atoms with Gasteiger partial charge in [-0.15, -0.1) is 0 Å². The topological polar surface area (TPSA) is 323 Å². The fraction of sp³-hybridized carbons (Fsp3) is 0.473. The first-order chi connectivity index (χ1) is 58.5. The van der Waals surface area contributed by atoms with Gasteiger partial charge in [0.15, 0.2) is 8.32 Å². The van der Waals surface area contributed by atoms with Crippen LogP contribution >= 0.6 is 0 Å². The van der Waals surface area contributed by atoms with Crippen LogP contribution in [0.4, 0.5) is 31.4 Å². The number of rotatable bonds is 37. The zero-order chi connectivity index (χ0) is 88.0. The Balaban J connectivity index is 0.000000284. The molecule has 4 aliphatic heterocycles. The van der Waals surface area contributed by atoms with Gasteiger partial charge in [-0.1, -0.05) is 70.2 Å². The molecule has 0 saturated carbocycles. The number of amides is 5. The van der Waals surface area contributed by atoms with Crippen LogP contribution in [0.15, 0.2) is 149 Å². The third-order valence-corrected chi connectivity index (χ3v) is 27.1. The molecule has 5 amide bonds. The molecule has 0 aromatic heterocycles. The van der Waals surface area contributed by atoms with Gasteiger partial charge in [-0.2, -0.15) is 0 Å². The molecule has 0 spiro atoms. The average Bonchev–Trinajstić information content (AvgIpc) is 0.823. The Bertz CT molecular complexity index is 5000. The number of likely N-dealkylation sites (N-methyl/N-ethyl adjacent to an activating group) is 2. The predicted octanol–water partition coefficient (Wildman–Crippen LogP) is 12.8. The number of benzene rings is 6. The molecule has 11 rings (SSSR count). The number of nitrogens with zero attached hydrogens (tertiary/aromatic N) is 4. The highest BCUT2D eigenvalue weighted by molar-refractivity contribution is 6.74. The highest BCUT2D eigenvalue weighted by Gasteiger charge is 2.47. The number of non-ortho nitro benzene ring substituents is 1. The number of allylic oxidation sites excluding steroid dienone is 3. The van der Waals surface area contributed by atoms with Crippen LogP contribution in [0.5, 0.6) is 11.5 Å². The van der Waals surface area contributed by atoms with Crippen molar-refractivity contribution in [3.05, 3.63) is 199 Å². The van der Waals surface area contributed by atoms with Gasteiger partial charge in [-0.3, -0.25) is 29.9 Å². The summed E-state index contributed by atoms with van der Waals surface area (Å²) < 4.78 is 59.1. The van der Waals surface area contributed by atoms with Crippen molar-refractivity contribution in [2.45, 2.75) is 164 Å². The number of anilines is 2. The first kappa shape index (κ1) is 93.5. The summed E-state index contributed by atoms with van der Waals surface area (Å²) >= 11 is 0. The maximum Gasteiger partial charge on any atom is 0.513 e. The van der Waals surface area contributed by atoms with Crippen LogP contribution in [0.25, 0.3) is 33.4 Å². The molecule has 7 N–H and O–H groups in total. The molecular weight excluding hydrogens is 1570 g/mol. The maximum absolute atomic E-state index is 14.2. The summed E-state index contributed by atoms with van der Waals surface area (Å²) in [6, 6.07) is 32.6. The zero-order valence-electron chi connectivity index (χ0n) is 74.0. The standard InChI is InChI=1S/C57H87N7O10Si.C36H36N4O7/c1-13-47-50(74-75(11,12)57(7,8)9)36-51(73-47)64-37-40(6)53(62-55(64)66)60-22-18-25-68-28-30-70-31-29-69-26-19-23-61-56(67)71-27-24-63(10)54(65)42-21-17-16-20-41(42)52-43-32-38(4)45(58-14-2)34-48(43)72-49-35-46(59-15-3)39(5)33-44(49)52;1-6-37-30-20-32-28(18-22(30)3)34(29-19-23(4)31(38-7-2)21-33(29)47-32)26-10-8-9-11-27(26)35(41)39(5)16-17-45-36(42)46-25-14-12-24(13-15-25)40(43)44/h16-17,20-21,32-35,37,43,47,50-53,59-60H,13-15,18-19,22-31,36H2,1-12H3,(H,61,67)(H,62,66);8-15,18-21,37H,6-7,16-17H2,1-5H3/p+2. The molecule has 0 bridgehead atoms. The van der Waals surface area contributed by atoms with Gasteiger partial charge in [0.25, 0.3) is 17.5 Å². The van der Waals surface area contributed by atoms with Crippen LogP contribution in [0, 0.1) is 36.8 Å². The first-order valence-electron chi connectivity index (χ1n) is 42.6. The summed E-state index contributed by atoms with van der Waals surface area (Å²) in [6.45, 7) is 39.1. The van der Waals surface area contributed by atoms with E-state index in [4.69, 9.17) is 46.7 Å². The van der Waals surface area contributed by atoms with Gasteiger partial charge in [0.1, 0.15) is 67.3 Å². The van der Waals surface area contributed by atoms with Crippen molar-refractivity contribution in [2.75, 3.05) is 130 Å². The lowest BCUT2D eigenvalue weighted by molar-refractivity contribution is -0.496. The molecule has 6 unspecified atom stereocenters. The third kappa shape index (κ3) is 23.9. The van der Waals surface area contributed by atoms with Gasteiger partial charge < -0.3 is 77.8 Å². The summed E-state index contributed by atoms with van der Waals surface area (Å²) in [4.78, 5) is 88.0. The molecule has 656 valence electrons. The number of ether oxygens (including phenoxy) is 8. The van der Waals surface area contributed by atoms with Crippen molar-refractivity contribution < 1.29 is 85.6 Å². The Morgan fingerprint density at radius 3 is 1.98 bits per heavy atom. The maximum atomic E-state index is 14.2. The Morgan fingerprint density at radius 2 is 1.33 bits per heavy atom. The second-order valence-electron chi connectivity index (χ2n) is 32.5. The molecule has 2 aliphatic carbocycles. The summed E-state index contributed by atoms with van der Waals surface area (Å²) in [5.74, 6) is 1.72. The summed E-state index contributed by atoms with van der Waals surface area (Å²) in [7, 11) is 1.38. The van der Waals surface area contributed by atoms with E-state index in [1.54, 1.807) is 30.0 Å². The molecule has 5 aromatic carbocycles. The number of carbonyl (C=O) groups excluding carboxylic acids is 5. The highest BCUT2D eigenvalue weighted by atomic mass is 28.4. The van der Waals surface area contributed by atoms with E-state index in [2.05, 4.69) is 141 Å². The Kier molecular flexibility index (Phi) is 33.6. The number of nitro groups is 1. The van der Waals surface area contributed by atoms with Crippen LogP contribution in [0.3, 0.4) is 0 Å². The van der Waals surface area contributed by atoms with Crippen molar-refractivity contribution in [2.24, 2.45) is 5.92 Å². The minimum Gasteiger partial charge on any atom is -0.460 e. The minimum atomic E-state index is -1.99. The highest BCUT2D eigenvalue weighted by Crippen LogP contribution is 2.51. The normalized spacial score (nSPS) is 18.0. The molecule has 29 heteroatoms. The van der Waals surface area contributed by atoms with Gasteiger partial charge in [0.2, 0.25) is 11.1 Å². The molecule has 1 saturated heterocycles. The van der Waals surface area contributed by atoms with E-state index < -0.39 is 25.5 Å². The minimum absolute atomic E-state index is 0.0314. The van der Waals surface area contributed by atoms with Crippen LogP contribution < -0.4 is 51.4 Å². The van der Waals surface area contributed by atoms with Gasteiger partial charge >= 0.3 is 18.3 Å². The van der Waals surface area contributed by atoms with E-state index in [1.165, 1.54) is 29.2 Å². The SMILES string of the molecule is CCNc1cc2c(cc1C)C(c1ccccc1C(=O)N(C)CCOC(=O)NCCCOCCOCCOCCCNC1NC(=O)N(C3CC(O[Si](C)(C)C(C)(C)C)C(CC)O3)C=C1C)C1C=C(C)C(=[NH+]CC)C=C1O2.CCNc1cc2oc3cc(=[NH+]CC)c(C)cc-3c(-c3ccccc3C(=O)N(C)CCOC(=O)Oc3ccc([N+](=O)[O-])cc3)c2cc1C. The van der Waals surface area contributed by atoms with E-state index in [9.17, 15) is 34.1 Å². The predicted molar refractivity (Wildman–Crippen MR) is 474 cm³/mol. The number of aryl methyl sites for hydroxylation is 3. The van der Waals surface area contributed by atoms with Crippen LogP contribution in [0.1, 0.15) is 149 Å². The number of hydrogen-bond donors (Lipinski definition) is 7. The first-order valence-corrected chi connectivity index (χ1v) is 45.5. The Morgan fingerprint density at radius 1 is 0.705 bits per heavy atom. The van der Waals surface area contributed by atoms with E-state index >= 15 is 0 Å². The second-order valence-corrected chi connectivity index (χ2v) is 37.3. The molecular formula is C93H125N11O17Si+2. The quantitative estimate of drug-likeness (QED) is 0.00362. The lowest BCUT2D eigenvalue weighted by atomic mass is 9.73. The molecule has 122 heavy (non-hydrogen) atoms. The number of carbonyl (C=O) groups is 5. The molecule has 4 heterocycles. The van der Waals surface area contributed by atoms with Crippen molar-refractivity contribution >= 4 is 72.2 Å².